The fourth-order valence-electron chi connectivity index (χ4n) is 4.24. The highest BCUT2D eigenvalue weighted by Gasteiger charge is 2.33. The van der Waals surface area contributed by atoms with E-state index in [0.29, 0.717) is 19.0 Å². The predicted molar refractivity (Wildman–Crippen MR) is 109 cm³/mol. The molecule has 0 bridgehead atoms. The second kappa shape index (κ2) is 8.56. The molecule has 0 radical (unpaired) electrons. The third-order valence-electron chi connectivity index (χ3n) is 5.62. The van der Waals surface area contributed by atoms with Crippen molar-refractivity contribution >= 4 is 16.0 Å². The lowest BCUT2D eigenvalue weighted by Gasteiger charge is -2.36. The van der Waals surface area contributed by atoms with Gasteiger partial charge in [-0.15, -0.1) is 0 Å². The fraction of sp³-hybridized carbons (Fsp3) is 0.632. The van der Waals surface area contributed by atoms with Crippen LogP contribution in [0.3, 0.4) is 0 Å². The zero-order valence-electron chi connectivity index (χ0n) is 17.2. The van der Waals surface area contributed by atoms with Crippen molar-refractivity contribution in [3.63, 3.8) is 0 Å². The minimum Gasteiger partial charge on any atom is -0.376 e. The number of ether oxygens (including phenoxy) is 1. The lowest BCUT2D eigenvalue weighted by atomic mass is 9.98. The summed E-state index contributed by atoms with van der Waals surface area (Å²) >= 11 is 0. The van der Waals surface area contributed by atoms with Gasteiger partial charge < -0.3 is 9.64 Å². The molecule has 30 heavy (non-hydrogen) atoms. The molecule has 0 amide bonds. The number of sulfonamides is 1. The summed E-state index contributed by atoms with van der Waals surface area (Å²) in [5, 5.41) is 4.58. The summed E-state index contributed by atoms with van der Waals surface area (Å²) in [6.07, 6.45) is 6.67. The molecule has 2 aliphatic rings. The smallest absolute Gasteiger partial charge is 0.225 e. The lowest BCUT2D eigenvalue weighted by molar-refractivity contribution is 0.00601. The van der Waals surface area contributed by atoms with Crippen molar-refractivity contribution < 1.29 is 17.5 Å². The van der Waals surface area contributed by atoms with Crippen LogP contribution in [-0.2, 0) is 21.2 Å². The molecule has 4 rings (SSSR count). The van der Waals surface area contributed by atoms with Crippen molar-refractivity contribution in [1.29, 1.82) is 0 Å². The summed E-state index contributed by atoms with van der Waals surface area (Å²) in [5.74, 6) is 0.0751. The van der Waals surface area contributed by atoms with Crippen LogP contribution in [0.25, 0.3) is 0 Å². The van der Waals surface area contributed by atoms with Crippen LogP contribution < -0.4 is 9.62 Å². The Bertz CT molecular complexity index is 973. The number of nitrogens with zero attached hydrogens (tertiary/aromatic N) is 5. The molecule has 0 aromatic carbocycles. The zero-order chi connectivity index (χ0) is 21.3. The van der Waals surface area contributed by atoms with E-state index in [-0.39, 0.29) is 18.2 Å². The highest BCUT2D eigenvalue weighted by atomic mass is 32.2. The molecule has 9 nitrogen and oxygen atoms in total. The number of piperidine rings is 1. The van der Waals surface area contributed by atoms with Crippen LogP contribution in [0, 0.1) is 12.7 Å². The van der Waals surface area contributed by atoms with Crippen molar-refractivity contribution in [2.24, 2.45) is 0 Å². The Morgan fingerprint density at radius 2 is 1.93 bits per heavy atom. The van der Waals surface area contributed by atoms with Gasteiger partial charge in [-0.1, -0.05) is 0 Å². The molecule has 2 aliphatic heterocycles. The number of nitrogens with one attached hydrogen (secondary N) is 1. The van der Waals surface area contributed by atoms with Crippen LogP contribution in [0.4, 0.5) is 10.3 Å². The molecule has 4 heterocycles. The van der Waals surface area contributed by atoms with Gasteiger partial charge in [-0.25, -0.2) is 27.5 Å². The minimum atomic E-state index is -3.33. The van der Waals surface area contributed by atoms with Crippen LogP contribution in [-0.4, -0.2) is 66.3 Å². The van der Waals surface area contributed by atoms with E-state index in [4.69, 9.17) is 4.74 Å². The number of halogens is 1. The number of rotatable bonds is 6. The molecule has 1 fully saturated rings. The van der Waals surface area contributed by atoms with Crippen molar-refractivity contribution in [2.75, 3.05) is 30.9 Å². The Kier molecular flexibility index (Phi) is 6.03. The molecule has 0 saturated carbocycles. The first kappa shape index (κ1) is 21.1. The third-order valence-corrected chi connectivity index (χ3v) is 6.36. The summed E-state index contributed by atoms with van der Waals surface area (Å²) in [6, 6.07) is 1.61. The first-order valence-corrected chi connectivity index (χ1v) is 12.0. The van der Waals surface area contributed by atoms with Gasteiger partial charge in [-0.05, 0) is 38.7 Å². The average Bonchev–Trinajstić information content (AvgIpc) is 3.07. The molecule has 1 N–H and O–H groups in total. The number of aromatic nitrogens is 4. The summed E-state index contributed by atoms with van der Waals surface area (Å²) in [7, 11) is -3.33. The topological polar surface area (TPSA) is 102 Å². The summed E-state index contributed by atoms with van der Waals surface area (Å²) in [5.41, 5.74) is 2.03. The molecular formula is C19H27FN6O3S. The second-order valence-electron chi connectivity index (χ2n) is 8.05. The van der Waals surface area contributed by atoms with Gasteiger partial charge in [0.25, 0.3) is 0 Å². The van der Waals surface area contributed by atoms with Gasteiger partial charge >= 0.3 is 0 Å². The van der Waals surface area contributed by atoms with Gasteiger partial charge in [0.05, 0.1) is 43.1 Å². The molecule has 2 aromatic rings. The van der Waals surface area contributed by atoms with E-state index in [1.165, 1.54) is 18.6 Å². The Morgan fingerprint density at radius 1 is 1.23 bits per heavy atom. The molecule has 2 atom stereocenters. The first-order chi connectivity index (χ1) is 14.3. The Hall–Kier alpha value is -2.11. The van der Waals surface area contributed by atoms with Gasteiger partial charge in [-0.3, -0.25) is 4.68 Å². The summed E-state index contributed by atoms with van der Waals surface area (Å²) < 4.78 is 47.6. The Labute approximate surface area is 175 Å². The van der Waals surface area contributed by atoms with Crippen molar-refractivity contribution in [1.82, 2.24) is 24.5 Å². The van der Waals surface area contributed by atoms with Crippen LogP contribution in [0.2, 0.25) is 0 Å². The number of hydrogen-bond acceptors (Lipinski definition) is 7. The van der Waals surface area contributed by atoms with Gasteiger partial charge in [-0.2, -0.15) is 5.10 Å². The largest absolute Gasteiger partial charge is 0.376 e. The number of anilines is 1. The summed E-state index contributed by atoms with van der Waals surface area (Å²) in [6.45, 7) is 3.77. The third kappa shape index (κ3) is 4.96. The van der Waals surface area contributed by atoms with Crippen molar-refractivity contribution in [3.8, 4) is 0 Å². The molecule has 0 aliphatic carbocycles. The molecule has 0 spiro atoms. The number of hydrogen-bond donors (Lipinski definition) is 1. The van der Waals surface area contributed by atoms with E-state index in [1.807, 2.05) is 22.6 Å². The van der Waals surface area contributed by atoms with Crippen LogP contribution in [0.15, 0.2) is 18.5 Å². The van der Waals surface area contributed by atoms with Crippen LogP contribution >= 0.6 is 0 Å². The van der Waals surface area contributed by atoms with E-state index in [0.717, 1.165) is 43.7 Å². The highest BCUT2D eigenvalue weighted by Crippen LogP contribution is 2.28. The normalized spacial score (nSPS) is 22.8. The standard InChI is InChI=1S/C19H27FN6O3S/c1-13-9-15-3-4-17(24-30(2,27)28)18(26(15)23-13)12-29-16-5-7-25(8-6-16)19-21-10-14(20)11-22-19/h9-11,16-18,24H,3-8,12H2,1-2H3. The monoisotopic (exact) mass is 438 g/mol. The fourth-order valence-corrected chi connectivity index (χ4v) is 5.06. The molecule has 2 aromatic heterocycles. The van der Waals surface area contributed by atoms with Crippen LogP contribution in [0.1, 0.15) is 36.7 Å². The molecule has 2 unspecified atom stereocenters. The van der Waals surface area contributed by atoms with Gasteiger partial charge in [0.1, 0.15) is 0 Å². The van der Waals surface area contributed by atoms with Crippen LogP contribution in [0.5, 0.6) is 0 Å². The minimum absolute atomic E-state index is 0.0580. The zero-order valence-corrected chi connectivity index (χ0v) is 18.0. The van der Waals surface area contributed by atoms with E-state index in [9.17, 15) is 12.8 Å². The molecule has 11 heteroatoms. The number of fused-ring (bicyclic) bond motifs is 1. The maximum atomic E-state index is 13.0. The second-order valence-corrected chi connectivity index (χ2v) is 9.83. The quantitative estimate of drug-likeness (QED) is 0.723. The SMILES string of the molecule is Cc1cc2n(n1)C(COC1CCN(c3ncc(F)cn3)CC1)C(NS(C)(=O)=O)CC2. The van der Waals surface area contributed by atoms with Gasteiger partial charge in [0.15, 0.2) is 5.82 Å². The van der Waals surface area contributed by atoms with Crippen molar-refractivity contribution in [2.45, 2.75) is 50.8 Å². The molecular weight excluding hydrogens is 411 g/mol. The number of aryl methyl sites for hydroxylation is 2. The van der Waals surface area contributed by atoms with E-state index in [2.05, 4.69) is 19.8 Å². The van der Waals surface area contributed by atoms with Gasteiger partial charge in [0, 0.05) is 24.8 Å². The first-order valence-electron chi connectivity index (χ1n) is 10.1. The summed E-state index contributed by atoms with van der Waals surface area (Å²) in [4.78, 5) is 10.1. The lowest BCUT2D eigenvalue weighted by Crippen LogP contribution is -2.47. The highest BCUT2D eigenvalue weighted by molar-refractivity contribution is 7.88. The van der Waals surface area contributed by atoms with Crippen molar-refractivity contribution in [3.05, 3.63) is 35.7 Å². The molecule has 1 saturated heterocycles. The average molecular weight is 439 g/mol. The Morgan fingerprint density at radius 3 is 2.60 bits per heavy atom. The van der Waals surface area contributed by atoms with Gasteiger partial charge in [0.2, 0.25) is 16.0 Å². The van der Waals surface area contributed by atoms with E-state index >= 15 is 0 Å². The molecule has 164 valence electrons. The predicted octanol–water partition coefficient (Wildman–Crippen LogP) is 1.21. The maximum absolute atomic E-state index is 13.0. The van der Waals surface area contributed by atoms with E-state index in [1.54, 1.807) is 0 Å². The maximum Gasteiger partial charge on any atom is 0.225 e. The Balaban J connectivity index is 1.38. The van der Waals surface area contributed by atoms with E-state index < -0.39 is 15.8 Å².